The summed E-state index contributed by atoms with van der Waals surface area (Å²) in [5.41, 5.74) is -4.59. The van der Waals surface area contributed by atoms with E-state index in [4.69, 9.17) is 9.47 Å². The molecule has 4 aliphatic carbocycles. The van der Waals surface area contributed by atoms with E-state index < -0.39 is 70.0 Å². The molecule has 0 aromatic rings. The van der Waals surface area contributed by atoms with Crippen LogP contribution in [0.2, 0.25) is 0 Å². The monoisotopic (exact) mass is 514 g/mol. The normalized spacial score (nSPS) is 50.6. The number of carbonyl (C=O) groups is 3. The second kappa shape index (κ2) is 7.62. The summed E-state index contributed by atoms with van der Waals surface area (Å²) in [6, 6.07) is 0. The van der Waals surface area contributed by atoms with Crippen molar-refractivity contribution in [3.63, 3.8) is 0 Å². The van der Waals surface area contributed by atoms with Crippen molar-refractivity contribution in [2.24, 2.45) is 28.6 Å². The molecule has 2 aliphatic heterocycles. The Morgan fingerprint density at radius 1 is 1.08 bits per heavy atom. The van der Waals surface area contributed by atoms with Crippen LogP contribution in [0.1, 0.15) is 52.9 Å². The van der Waals surface area contributed by atoms with Gasteiger partial charge in [-0.25, -0.2) is 4.79 Å². The van der Waals surface area contributed by atoms with Crippen molar-refractivity contribution in [3.8, 4) is 0 Å². The van der Waals surface area contributed by atoms with Crippen molar-refractivity contribution in [3.05, 3.63) is 34.9 Å². The van der Waals surface area contributed by atoms with Gasteiger partial charge in [-0.2, -0.15) is 0 Å². The van der Waals surface area contributed by atoms with Gasteiger partial charge in [0.25, 0.3) is 0 Å². The molecule has 0 unspecified atom stereocenters. The molecule has 4 N–H and O–H groups in total. The van der Waals surface area contributed by atoms with Gasteiger partial charge < -0.3 is 29.9 Å². The summed E-state index contributed by atoms with van der Waals surface area (Å²) in [5, 5.41) is 45.5. The van der Waals surface area contributed by atoms with Gasteiger partial charge in [-0.1, -0.05) is 17.7 Å². The van der Waals surface area contributed by atoms with Crippen LogP contribution in [-0.4, -0.2) is 74.3 Å². The van der Waals surface area contributed by atoms with E-state index in [0.717, 1.165) is 5.57 Å². The first-order valence-corrected chi connectivity index (χ1v) is 13.1. The second-order valence-electron chi connectivity index (χ2n) is 12.2. The predicted molar refractivity (Wildman–Crippen MR) is 127 cm³/mol. The third-order valence-corrected chi connectivity index (χ3v) is 11.1. The lowest BCUT2D eigenvalue weighted by Crippen LogP contribution is -2.71. The highest BCUT2D eigenvalue weighted by molar-refractivity contribution is 5.99. The van der Waals surface area contributed by atoms with Crippen molar-refractivity contribution in [2.75, 3.05) is 6.61 Å². The maximum Gasteiger partial charge on any atom is 0.334 e. The molecule has 3 fully saturated rings. The molecule has 0 radical (unpaired) electrons. The van der Waals surface area contributed by atoms with E-state index in [1.54, 1.807) is 19.9 Å². The molecule has 0 aromatic heterocycles. The minimum atomic E-state index is -2.05. The molecule has 6 rings (SSSR count). The smallest absolute Gasteiger partial charge is 0.334 e. The van der Waals surface area contributed by atoms with E-state index in [1.165, 1.54) is 0 Å². The van der Waals surface area contributed by atoms with Crippen LogP contribution in [0.3, 0.4) is 0 Å². The largest absolute Gasteiger partial charge is 0.454 e. The Bertz CT molecular complexity index is 1200. The van der Waals surface area contributed by atoms with Crippen LogP contribution in [-0.2, 0) is 23.9 Å². The quantitative estimate of drug-likeness (QED) is 0.311. The number of carbonyl (C=O) groups excluding carboxylic acids is 3. The van der Waals surface area contributed by atoms with Crippen LogP contribution in [0, 0.1) is 28.6 Å². The Morgan fingerprint density at radius 2 is 1.81 bits per heavy atom. The Kier molecular flexibility index (Phi) is 5.14. The molecule has 37 heavy (non-hydrogen) atoms. The lowest BCUT2D eigenvalue weighted by atomic mass is 9.44. The zero-order valence-electron chi connectivity index (χ0n) is 21.3. The molecule has 9 nitrogen and oxygen atoms in total. The molecule has 0 amide bonds. The lowest BCUT2D eigenvalue weighted by Gasteiger charge is -2.60. The highest BCUT2D eigenvalue weighted by atomic mass is 16.6. The van der Waals surface area contributed by atoms with Crippen molar-refractivity contribution in [1.29, 1.82) is 0 Å². The van der Waals surface area contributed by atoms with Crippen LogP contribution < -0.4 is 0 Å². The fourth-order valence-corrected chi connectivity index (χ4v) is 8.95. The highest BCUT2D eigenvalue weighted by Gasteiger charge is 2.85. The van der Waals surface area contributed by atoms with E-state index in [1.807, 2.05) is 19.1 Å². The number of fused-ring (bicyclic) bond motifs is 4. The van der Waals surface area contributed by atoms with E-state index in [-0.39, 0.29) is 31.7 Å². The van der Waals surface area contributed by atoms with Crippen LogP contribution in [0.15, 0.2) is 34.9 Å². The zero-order chi connectivity index (χ0) is 26.7. The highest BCUT2D eigenvalue weighted by Crippen LogP contribution is 2.72. The van der Waals surface area contributed by atoms with Crippen LogP contribution in [0.4, 0.5) is 0 Å². The fourth-order valence-electron chi connectivity index (χ4n) is 8.95. The van der Waals surface area contributed by atoms with Gasteiger partial charge in [-0.15, -0.1) is 0 Å². The molecular formula is C28H34O9. The Labute approximate surface area is 214 Å². The average Bonchev–Trinajstić information content (AvgIpc) is 3.24. The molecule has 0 bridgehead atoms. The number of ether oxygens (including phenoxy) is 2. The Hall–Kier alpha value is -2.33. The van der Waals surface area contributed by atoms with Gasteiger partial charge in [-0.05, 0) is 69.9 Å². The molecule has 2 heterocycles. The molecular weight excluding hydrogens is 480 g/mol. The van der Waals surface area contributed by atoms with Crippen molar-refractivity contribution in [1.82, 2.24) is 0 Å². The van der Waals surface area contributed by atoms with Crippen molar-refractivity contribution >= 4 is 17.7 Å². The minimum absolute atomic E-state index is 0.0502. The maximum atomic E-state index is 13.9. The average molecular weight is 515 g/mol. The summed E-state index contributed by atoms with van der Waals surface area (Å²) in [7, 11) is 0. The molecule has 1 spiro atoms. The summed E-state index contributed by atoms with van der Waals surface area (Å²) in [4.78, 5) is 39.7. The number of esters is 2. The topological polar surface area (TPSA) is 151 Å². The first-order chi connectivity index (χ1) is 17.4. The van der Waals surface area contributed by atoms with Gasteiger partial charge >= 0.3 is 11.9 Å². The summed E-state index contributed by atoms with van der Waals surface area (Å²) >= 11 is 0. The van der Waals surface area contributed by atoms with E-state index in [0.29, 0.717) is 24.0 Å². The minimum Gasteiger partial charge on any atom is -0.454 e. The number of hydrogen-bond acceptors (Lipinski definition) is 9. The predicted octanol–water partition coefficient (Wildman–Crippen LogP) is 0.887. The number of cyclic esters (lactones) is 2. The van der Waals surface area contributed by atoms with Crippen LogP contribution >= 0.6 is 0 Å². The van der Waals surface area contributed by atoms with Gasteiger partial charge in [0.05, 0.1) is 24.2 Å². The molecule has 0 aromatic carbocycles. The first-order valence-electron chi connectivity index (χ1n) is 13.1. The van der Waals surface area contributed by atoms with E-state index >= 15 is 0 Å². The number of aliphatic hydroxyl groups is 4. The molecule has 2 saturated carbocycles. The Balaban J connectivity index is 1.46. The zero-order valence-corrected chi connectivity index (χ0v) is 21.3. The molecule has 10 atom stereocenters. The Morgan fingerprint density at radius 3 is 2.51 bits per heavy atom. The number of rotatable bonds is 2. The van der Waals surface area contributed by atoms with Gasteiger partial charge in [0.15, 0.2) is 11.4 Å². The molecule has 6 aliphatic rings. The lowest BCUT2D eigenvalue weighted by molar-refractivity contribution is -0.244. The van der Waals surface area contributed by atoms with Gasteiger partial charge in [0.1, 0.15) is 17.1 Å². The summed E-state index contributed by atoms with van der Waals surface area (Å²) in [5.74, 6) is -3.57. The number of allylic oxidation sites excluding steroid dienone is 4. The summed E-state index contributed by atoms with van der Waals surface area (Å²) in [6.45, 7) is 4.65. The van der Waals surface area contributed by atoms with Gasteiger partial charge in [0.2, 0.25) is 0 Å². The van der Waals surface area contributed by atoms with Crippen LogP contribution in [0.25, 0.3) is 0 Å². The SMILES string of the molecule is CC1=C(CO)C[C@H]([C@]2(C)OC(=O)[C@]34[C@H](O)C[C@H]5[C@@H](CC=C6CC=CC(=O)[C@@]65C)[C@]3(O)[C@H](O)C[C@H]24)OC1=O. The molecule has 1 saturated heterocycles. The van der Waals surface area contributed by atoms with Crippen molar-refractivity contribution < 1.29 is 44.3 Å². The van der Waals surface area contributed by atoms with Gasteiger partial charge in [-0.3, -0.25) is 9.59 Å². The number of aliphatic hydroxyl groups excluding tert-OH is 3. The second-order valence-corrected chi connectivity index (χ2v) is 12.2. The molecule has 200 valence electrons. The molecule has 9 heteroatoms. The maximum absolute atomic E-state index is 13.9. The van der Waals surface area contributed by atoms with Crippen molar-refractivity contribution in [2.45, 2.75) is 82.4 Å². The standard InChI is InChI=1S/C28H34O9/c1-13-14(12-29)9-22(36-23(13)33)26(3)18-11-21(32)28(35)16-8-7-15-5-4-6-19(30)25(15,2)17(16)10-20(31)27(18,28)24(34)37-26/h4,6-7,16-18,20-22,29,31-32,35H,5,8-12H2,1-3H3/t16-,17+,18-,20-,21-,22-,25+,26-,27+,28+/m1/s1. The third kappa shape index (κ3) is 2.66. The summed E-state index contributed by atoms with van der Waals surface area (Å²) < 4.78 is 11.6. The van der Waals surface area contributed by atoms with E-state index in [9.17, 15) is 34.8 Å². The number of hydrogen-bond donors (Lipinski definition) is 4. The van der Waals surface area contributed by atoms with Crippen LogP contribution in [0.5, 0.6) is 0 Å². The third-order valence-electron chi connectivity index (χ3n) is 11.1. The van der Waals surface area contributed by atoms with E-state index in [2.05, 4.69) is 0 Å². The summed E-state index contributed by atoms with van der Waals surface area (Å²) in [6.07, 6.45) is 2.70. The first kappa shape index (κ1) is 25.0. The number of ketones is 1. The fraction of sp³-hybridized carbons (Fsp3) is 0.679. The van der Waals surface area contributed by atoms with Gasteiger partial charge in [0, 0.05) is 17.9 Å².